The van der Waals surface area contributed by atoms with E-state index >= 15 is 0 Å². The van der Waals surface area contributed by atoms with Crippen molar-refractivity contribution in [2.24, 2.45) is 0 Å². The fourth-order valence-corrected chi connectivity index (χ4v) is 2.52. The Morgan fingerprint density at radius 1 is 1.24 bits per heavy atom. The Balaban J connectivity index is 1.56. The van der Waals surface area contributed by atoms with Crippen LogP contribution in [0.25, 0.3) is 0 Å². The summed E-state index contributed by atoms with van der Waals surface area (Å²) in [5.41, 5.74) is 3.54. The summed E-state index contributed by atoms with van der Waals surface area (Å²) < 4.78 is 12.5. The second kappa shape index (κ2) is 6.24. The average Bonchev–Trinajstić information content (AvgIpc) is 3.18. The summed E-state index contributed by atoms with van der Waals surface area (Å²) in [5, 5.41) is 3.48. The summed E-state index contributed by atoms with van der Waals surface area (Å²) in [4.78, 5) is 0. The van der Waals surface area contributed by atoms with Crippen molar-refractivity contribution < 1.29 is 9.15 Å². The predicted octanol–water partition coefficient (Wildman–Crippen LogP) is 4.49. The lowest BCUT2D eigenvalue weighted by Gasteiger charge is -2.09. The molecular weight excluding hydrogens is 330 g/mol. The first-order chi connectivity index (χ1) is 10.1. The zero-order valence-corrected chi connectivity index (χ0v) is 14.0. The van der Waals surface area contributed by atoms with Crippen LogP contribution in [0.1, 0.15) is 35.3 Å². The van der Waals surface area contributed by atoms with Gasteiger partial charge >= 0.3 is 0 Å². The van der Waals surface area contributed by atoms with Crippen LogP contribution in [0.2, 0.25) is 0 Å². The van der Waals surface area contributed by atoms with Crippen LogP contribution in [0.15, 0.2) is 33.4 Å². The number of ether oxygens (including phenoxy) is 1. The number of benzene rings is 1. The van der Waals surface area contributed by atoms with Crippen molar-refractivity contribution in [2.75, 3.05) is 0 Å². The summed E-state index contributed by atoms with van der Waals surface area (Å²) in [6.45, 7) is 5.48. The van der Waals surface area contributed by atoms with E-state index in [-0.39, 0.29) is 0 Å². The molecule has 3 nitrogen and oxygen atoms in total. The zero-order chi connectivity index (χ0) is 14.8. The van der Waals surface area contributed by atoms with Gasteiger partial charge in [0.15, 0.2) is 0 Å². The second-order valence-corrected chi connectivity index (χ2v) is 6.53. The third-order valence-electron chi connectivity index (χ3n) is 3.67. The molecule has 2 aromatic rings. The Morgan fingerprint density at radius 3 is 2.62 bits per heavy atom. The van der Waals surface area contributed by atoms with Crippen LogP contribution in [-0.4, -0.2) is 6.04 Å². The molecule has 0 unspecified atom stereocenters. The number of aryl methyl sites for hydroxylation is 2. The van der Waals surface area contributed by atoms with E-state index in [4.69, 9.17) is 9.15 Å². The van der Waals surface area contributed by atoms with Gasteiger partial charge in [-0.05, 0) is 56.0 Å². The number of hydrogen-bond acceptors (Lipinski definition) is 3. The number of nitrogens with one attached hydrogen (secondary N) is 1. The van der Waals surface area contributed by atoms with E-state index in [1.165, 1.54) is 29.5 Å². The Labute approximate surface area is 133 Å². The van der Waals surface area contributed by atoms with Crippen LogP contribution >= 0.6 is 15.9 Å². The van der Waals surface area contributed by atoms with E-state index in [1.54, 1.807) is 0 Å². The fourth-order valence-electron chi connectivity index (χ4n) is 2.29. The van der Waals surface area contributed by atoms with Crippen molar-refractivity contribution in [3.05, 3.63) is 51.4 Å². The minimum Gasteiger partial charge on any atom is -0.486 e. The molecule has 0 saturated heterocycles. The molecule has 1 saturated carbocycles. The predicted molar refractivity (Wildman–Crippen MR) is 86.5 cm³/mol. The highest BCUT2D eigenvalue weighted by Crippen LogP contribution is 2.27. The van der Waals surface area contributed by atoms with Gasteiger partial charge in [-0.25, -0.2) is 0 Å². The fraction of sp³-hybridized carbons (Fsp3) is 0.412. The van der Waals surface area contributed by atoms with E-state index < -0.39 is 0 Å². The first-order valence-electron chi connectivity index (χ1n) is 7.31. The van der Waals surface area contributed by atoms with Crippen LogP contribution in [0.5, 0.6) is 5.75 Å². The first-order valence-corrected chi connectivity index (χ1v) is 8.10. The van der Waals surface area contributed by atoms with Crippen molar-refractivity contribution in [2.45, 2.75) is 45.9 Å². The average molecular weight is 350 g/mol. The standard InChI is InChI=1S/C17H20BrNO2/c1-11-5-15(6-12(2)17(11)18)21-10-16-7-13(9-20-16)8-19-14-3-4-14/h5-7,9,14,19H,3-4,8,10H2,1-2H3. The SMILES string of the molecule is Cc1cc(OCc2cc(CNC3CC3)co2)cc(C)c1Br. The Morgan fingerprint density at radius 2 is 1.95 bits per heavy atom. The molecule has 0 spiro atoms. The molecule has 0 bridgehead atoms. The van der Waals surface area contributed by atoms with Crippen LogP contribution in [0.3, 0.4) is 0 Å². The molecule has 21 heavy (non-hydrogen) atoms. The number of furan rings is 1. The van der Waals surface area contributed by atoms with E-state index in [2.05, 4.69) is 41.2 Å². The lowest BCUT2D eigenvalue weighted by atomic mass is 10.1. The molecule has 1 aromatic carbocycles. The quantitative estimate of drug-likeness (QED) is 0.834. The number of rotatable bonds is 6. The summed E-state index contributed by atoms with van der Waals surface area (Å²) in [6, 6.07) is 6.85. The molecule has 3 rings (SSSR count). The molecule has 1 fully saturated rings. The smallest absolute Gasteiger partial charge is 0.146 e. The minimum absolute atomic E-state index is 0.462. The van der Waals surface area contributed by atoms with Gasteiger partial charge in [0.25, 0.3) is 0 Å². The molecule has 0 aliphatic heterocycles. The van der Waals surface area contributed by atoms with Gasteiger partial charge in [-0.2, -0.15) is 0 Å². The molecule has 0 radical (unpaired) electrons. The van der Waals surface area contributed by atoms with Gasteiger partial charge < -0.3 is 14.5 Å². The third-order valence-corrected chi connectivity index (χ3v) is 4.92. The molecule has 1 N–H and O–H groups in total. The van der Waals surface area contributed by atoms with E-state index in [1.807, 2.05) is 18.4 Å². The van der Waals surface area contributed by atoms with Gasteiger partial charge in [-0.15, -0.1) is 0 Å². The maximum absolute atomic E-state index is 5.82. The lowest BCUT2D eigenvalue weighted by molar-refractivity contribution is 0.270. The van der Waals surface area contributed by atoms with Crippen molar-refractivity contribution in [3.8, 4) is 5.75 Å². The van der Waals surface area contributed by atoms with Gasteiger partial charge in [-0.3, -0.25) is 0 Å². The maximum Gasteiger partial charge on any atom is 0.146 e. The van der Waals surface area contributed by atoms with Gasteiger partial charge in [-0.1, -0.05) is 15.9 Å². The molecule has 1 heterocycles. The molecular formula is C17H20BrNO2. The summed E-state index contributed by atoms with van der Waals surface area (Å²) in [7, 11) is 0. The Hall–Kier alpha value is -1.26. The highest BCUT2D eigenvalue weighted by atomic mass is 79.9. The zero-order valence-electron chi connectivity index (χ0n) is 12.4. The molecule has 1 aromatic heterocycles. The van der Waals surface area contributed by atoms with E-state index in [0.717, 1.165) is 22.5 Å². The van der Waals surface area contributed by atoms with E-state index in [0.29, 0.717) is 12.6 Å². The molecule has 1 aliphatic carbocycles. The monoisotopic (exact) mass is 349 g/mol. The lowest BCUT2D eigenvalue weighted by Crippen LogP contribution is -2.14. The number of hydrogen-bond donors (Lipinski definition) is 1. The largest absolute Gasteiger partial charge is 0.486 e. The van der Waals surface area contributed by atoms with Crippen molar-refractivity contribution >= 4 is 15.9 Å². The normalized spacial score (nSPS) is 14.4. The van der Waals surface area contributed by atoms with Gasteiger partial charge in [0.05, 0.1) is 6.26 Å². The molecule has 112 valence electrons. The topological polar surface area (TPSA) is 34.4 Å². The summed E-state index contributed by atoms with van der Waals surface area (Å²) in [5.74, 6) is 1.74. The van der Waals surface area contributed by atoms with Gasteiger partial charge in [0.2, 0.25) is 0 Å². The van der Waals surface area contributed by atoms with Gasteiger partial charge in [0, 0.05) is 22.6 Å². The van der Waals surface area contributed by atoms with Crippen molar-refractivity contribution in [3.63, 3.8) is 0 Å². The maximum atomic E-state index is 5.82. The van der Waals surface area contributed by atoms with E-state index in [9.17, 15) is 0 Å². The Kier molecular flexibility index (Phi) is 4.36. The van der Waals surface area contributed by atoms with Gasteiger partial charge in [0.1, 0.15) is 18.1 Å². The van der Waals surface area contributed by atoms with Crippen molar-refractivity contribution in [1.82, 2.24) is 5.32 Å². The third kappa shape index (κ3) is 3.89. The highest BCUT2D eigenvalue weighted by molar-refractivity contribution is 9.10. The Bertz CT molecular complexity index is 608. The highest BCUT2D eigenvalue weighted by Gasteiger charge is 2.20. The van der Waals surface area contributed by atoms with Crippen LogP contribution < -0.4 is 10.1 Å². The first kappa shape index (κ1) is 14.7. The number of halogens is 1. The van der Waals surface area contributed by atoms with Crippen molar-refractivity contribution in [1.29, 1.82) is 0 Å². The molecule has 1 aliphatic rings. The minimum atomic E-state index is 0.462. The van der Waals surface area contributed by atoms with Crippen LogP contribution in [0, 0.1) is 13.8 Å². The van der Waals surface area contributed by atoms with Crippen LogP contribution in [-0.2, 0) is 13.2 Å². The second-order valence-electron chi connectivity index (χ2n) is 5.74. The molecule has 4 heteroatoms. The summed E-state index contributed by atoms with van der Waals surface area (Å²) >= 11 is 3.57. The van der Waals surface area contributed by atoms with Crippen LogP contribution in [0.4, 0.5) is 0 Å². The summed E-state index contributed by atoms with van der Waals surface area (Å²) in [6.07, 6.45) is 4.42. The molecule has 0 atom stereocenters. The molecule has 0 amide bonds.